The Hall–Kier alpha value is -2.09. The molecule has 0 fully saturated rings. The molecule has 0 amide bonds. The fourth-order valence-corrected chi connectivity index (χ4v) is 2.41. The molecule has 2 nitrogen and oxygen atoms in total. The monoisotopic (exact) mass is 254 g/mol. The lowest BCUT2D eigenvalue weighted by atomic mass is 9.94. The SMILES string of the molecule is CCc1c(CCc2ccccc2)cccc1C(=O)O. The molecule has 0 saturated heterocycles. The summed E-state index contributed by atoms with van der Waals surface area (Å²) in [6, 6.07) is 15.8. The van der Waals surface area contributed by atoms with Crippen LogP contribution in [0.4, 0.5) is 0 Å². The fourth-order valence-electron chi connectivity index (χ4n) is 2.41. The predicted octanol–water partition coefficient (Wildman–Crippen LogP) is 3.73. The standard InChI is InChI=1S/C17H18O2/c1-2-15-14(9-6-10-16(15)17(18)19)12-11-13-7-4-3-5-8-13/h3-10H,2,11-12H2,1H3,(H,18,19). The van der Waals surface area contributed by atoms with E-state index in [1.165, 1.54) is 5.56 Å². The zero-order chi connectivity index (χ0) is 13.7. The Morgan fingerprint density at radius 2 is 1.74 bits per heavy atom. The number of carbonyl (C=O) groups is 1. The first kappa shape index (κ1) is 13.3. The number of rotatable bonds is 5. The first-order valence-corrected chi connectivity index (χ1v) is 6.60. The average Bonchev–Trinajstić information content (AvgIpc) is 2.45. The van der Waals surface area contributed by atoms with Crippen LogP contribution in [0.5, 0.6) is 0 Å². The van der Waals surface area contributed by atoms with Crippen LogP contribution in [-0.2, 0) is 19.3 Å². The van der Waals surface area contributed by atoms with Gasteiger partial charge in [-0.15, -0.1) is 0 Å². The average molecular weight is 254 g/mol. The molecule has 2 aromatic rings. The van der Waals surface area contributed by atoms with Crippen LogP contribution in [0.15, 0.2) is 48.5 Å². The molecular formula is C17H18O2. The van der Waals surface area contributed by atoms with Crippen LogP contribution in [-0.4, -0.2) is 11.1 Å². The third-order valence-electron chi connectivity index (χ3n) is 3.38. The molecule has 0 aliphatic carbocycles. The van der Waals surface area contributed by atoms with Gasteiger partial charge in [0.05, 0.1) is 5.56 Å². The normalized spacial score (nSPS) is 10.4. The Labute approximate surface area is 113 Å². The molecular weight excluding hydrogens is 236 g/mol. The van der Waals surface area contributed by atoms with E-state index < -0.39 is 5.97 Å². The molecule has 98 valence electrons. The maximum Gasteiger partial charge on any atom is 0.335 e. The first-order chi connectivity index (χ1) is 9.22. The van der Waals surface area contributed by atoms with Gasteiger partial charge in [-0.1, -0.05) is 49.4 Å². The van der Waals surface area contributed by atoms with Gasteiger partial charge in [0.25, 0.3) is 0 Å². The van der Waals surface area contributed by atoms with Gasteiger partial charge in [-0.05, 0) is 42.0 Å². The number of benzene rings is 2. The minimum Gasteiger partial charge on any atom is -0.478 e. The van der Waals surface area contributed by atoms with Crippen molar-refractivity contribution in [3.63, 3.8) is 0 Å². The lowest BCUT2D eigenvalue weighted by molar-refractivity contribution is 0.0695. The molecule has 19 heavy (non-hydrogen) atoms. The van der Waals surface area contributed by atoms with E-state index in [0.717, 1.165) is 30.4 Å². The molecule has 0 radical (unpaired) electrons. The Balaban J connectivity index is 2.21. The molecule has 0 atom stereocenters. The van der Waals surface area contributed by atoms with Gasteiger partial charge < -0.3 is 5.11 Å². The van der Waals surface area contributed by atoms with E-state index in [1.54, 1.807) is 6.07 Å². The van der Waals surface area contributed by atoms with Crippen molar-refractivity contribution in [1.82, 2.24) is 0 Å². The second-order valence-electron chi connectivity index (χ2n) is 4.59. The molecule has 2 rings (SSSR count). The summed E-state index contributed by atoms with van der Waals surface area (Å²) in [4.78, 5) is 11.2. The van der Waals surface area contributed by atoms with Gasteiger partial charge >= 0.3 is 5.97 Å². The van der Waals surface area contributed by atoms with Gasteiger partial charge in [-0.3, -0.25) is 0 Å². The van der Waals surface area contributed by atoms with E-state index in [0.29, 0.717) is 5.56 Å². The van der Waals surface area contributed by atoms with Gasteiger partial charge in [0, 0.05) is 0 Å². The van der Waals surface area contributed by atoms with Crippen LogP contribution in [0.1, 0.15) is 34.0 Å². The number of aromatic carboxylic acids is 1. The Bertz CT molecular complexity index is 559. The van der Waals surface area contributed by atoms with Gasteiger partial charge in [-0.2, -0.15) is 0 Å². The van der Waals surface area contributed by atoms with Crippen molar-refractivity contribution in [2.24, 2.45) is 0 Å². The van der Waals surface area contributed by atoms with E-state index in [-0.39, 0.29) is 0 Å². The van der Waals surface area contributed by atoms with Crippen LogP contribution in [0, 0.1) is 0 Å². The molecule has 0 aromatic heterocycles. The number of hydrogen-bond donors (Lipinski definition) is 1. The summed E-state index contributed by atoms with van der Waals surface area (Å²) < 4.78 is 0. The van der Waals surface area contributed by atoms with Crippen molar-refractivity contribution in [1.29, 1.82) is 0 Å². The number of hydrogen-bond acceptors (Lipinski definition) is 1. The zero-order valence-electron chi connectivity index (χ0n) is 11.1. The molecule has 2 aromatic carbocycles. The molecule has 0 unspecified atom stereocenters. The van der Waals surface area contributed by atoms with Gasteiger partial charge in [0.1, 0.15) is 0 Å². The van der Waals surface area contributed by atoms with Crippen molar-refractivity contribution in [3.8, 4) is 0 Å². The first-order valence-electron chi connectivity index (χ1n) is 6.60. The van der Waals surface area contributed by atoms with Crippen LogP contribution < -0.4 is 0 Å². The second-order valence-corrected chi connectivity index (χ2v) is 4.59. The third kappa shape index (κ3) is 3.22. The highest BCUT2D eigenvalue weighted by Gasteiger charge is 2.11. The predicted molar refractivity (Wildman–Crippen MR) is 76.6 cm³/mol. The smallest absolute Gasteiger partial charge is 0.335 e. The minimum absolute atomic E-state index is 0.438. The highest BCUT2D eigenvalue weighted by atomic mass is 16.4. The Morgan fingerprint density at radius 1 is 1.00 bits per heavy atom. The zero-order valence-corrected chi connectivity index (χ0v) is 11.1. The molecule has 2 heteroatoms. The fraction of sp³-hybridized carbons (Fsp3) is 0.235. The summed E-state index contributed by atoms with van der Waals surface area (Å²) in [6.45, 7) is 2.01. The quantitative estimate of drug-likeness (QED) is 0.882. The second kappa shape index (κ2) is 6.19. The molecule has 0 saturated carbocycles. The van der Waals surface area contributed by atoms with Crippen molar-refractivity contribution in [3.05, 3.63) is 70.8 Å². The highest BCUT2D eigenvalue weighted by Crippen LogP contribution is 2.18. The molecule has 1 N–H and O–H groups in total. The topological polar surface area (TPSA) is 37.3 Å². The number of carboxylic acids is 1. The van der Waals surface area contributed by atoms with Crippen LogP contribution in [0.2, 0.25) is 0 Å². The Kier molecular flexibility index (Phi) is 4.35. The van der Waals surface area contributed by atoms with E-state index in [4.69, 9.17) is 0 Å². The van der Waals surface area contributed by atoms with E-state index in [9.17, 15) is 9.90 Å². The maximum atomic E-state index is 11.2. The maximum absolute atomic E-state index is 11.2. The van der Waals surface area contributed by atoms with Crippen molar-refractivity contribution < 1.29 is 9.90 Å². The largest absolute Gasteiger partial charge is 0.478 e. The van der Waals surface area contributed by atoms with Gasteiger partial charge in [-0.25, -0.2) is 4.79 Å². The molecule has 0 spiro atoms. The summed E-state index contributed by atoms with van der Waals surface area (Å²) in [5.41, 5.74) is 3.83. The molecule has 0 aliphatic heterocycles. The number of carboxylic acid groups (broad SMARTS) is 1. The number of aryl methyl sites for hydroxylation is 2. The van der Waals surface area contributed by atoms with Crippen molar-refractivity contribution in [2.75, 3.05) is 0 Å². The summed E-state index contributed by atoms with van der Waals surface area (Å²) in [5, 5.41) is 9.21. The Morgan fingerprint density at radius 3 is 2.37 bits per heavy atom. The lowest BCUT2D eigenvalue weighted by Gasteiger charge is -2.11. The van der Waals surface area contributed by atoms with Gasteiger partial charge in [0.15, 0.2) is 0 Å². The summed E-state index contributed by atoms with van der Waals surface area (Å²) in [6.07, 6.45) is 2.58. The van der Waals surface area contributed by atoms with Gasteiger partial charge in [0.2, 0.25) is 0 Å². The van der Waals surface area contributed by atoms with E-state index in [2.05, 4.69) is 12.1 Å². The third-order valence-corrected chi connectivity index (χ3v) is 3.38. The highest BCUT2D eigenvalue weighted by molar-refractivity contribution is 5.89. The summed E-state index contributed by atoms with van der Waals surface area (Å²) in [7, 11) is 0. The van der Waals surface area contributed by atoms with Crippen LogP contribution in [0.3, 0.4) is 0 Å². The summed E-state index contributed by atoms with van der Waals surface area (Å²) >= 11 is 0. The van der Waals surface area contributed by atoms with Crippen LogP contribution >= 0.6 is 0 Å². The van der Waals surface area contributed by atoms with Crippen molar-refractivity contribution in [2.45, 2.75) is 26.2 Å². The molecule has 0 heterocycles. The lowest BCUT2D eigenvalue weighted by Crippen LogP contribution is -2.06. The van der Waals surface area contributed by atoms with E-state index >= 15 is 0 Å². The molecule has 0 aliphatic rings. The molecule has 0 bridgehead atoms. The van der Waals surface area contributed by atoms with Crippen LogP contribution in [0.25, 0.3) is 0 Å². The summed E-state index contributed by atoms with van der Waals surface area (Å²) in [5.74, 6) is -0.835. The van der Waals surface area contributed by atoms with Crippen molar-refractivity contribution >= 4 is 5.97 Å². The minimum atomic E-state index is -0.835. The van der Waals surface area contributed by atoms with E-state index in [1.807, 2.05) is 37.3 Å².